The number of nitrogens with one attached hydrogen (secondary N) is 1. The van der Waals surface area contributed by atoms with Gasteiger partial charge in [-0.15, -0.1) is 0 Å². The van der Waals surface area contributed by atoms with Gasteiger partial charge in [-0.25, -0.2) is 0 Å². The topological polar surface area (TPSA) is 18.5 Å². The molecule has 0 fully saturated rings. The van der Waals surface area contributed by atoms with Crippen molar-refractivity contribution in [2.24, 2.45) is 0 Å². The zero-order chi connectivity index (χ0) is 56.8. The Morgan fingerprint density at radius 1 is 0.221 bits per heavy atom. The summed E-state index contributed by atoms with van der Waals surface area (Å²) in [6, 6.07) is 113. The summed E-state index contributed by atoms with van der Waals surface area (Å²) in [5.41, 5.74) is 9.17. The molecule has 1 N–H and O–H groups in total. The third-order valence-corrected chi connectivity index (χ3v) is 17.9. The van der Waals surface area contributed by atoms with Gasteiger partial charge in [0.25, 0.3) is 0 Å². The molecule has 17 aromatic rings. The second kappa shape index (κ2) is 23.2. The summed E-state index contributed by atoms with van der Waals surface area (Å²) in [4.78, 5) is 4.86. The number of nitrogens with zero attached hydrogens (tertiary/aromatic N) is 2. The van der Waals surface area contributed by atoms with Gasteiger partial charge in [-0.1, -0.05) is 276 Å². The monoisotopic (exact) mass is 1230 g/mol. The molecule has 0 aliphatic rings. The van der Waals surface area contributed by atoms with E-state index in [4.69, 9.17) is 0 Å². The summed E-state index contributed by atoms with van der Waals surface area (Å²) < 4.78 is 2.31. The molecular formula is C81H57Br2N3. The first-order valence-electron chi connectivity index (χ1n) is 28.7. The molecule has 0 aromatic heterocycles. The highest BCUT2D eigenvalue weighted by molar-refractivity contribution is 9.11. The molecule has 0 aliphatic heterocycles. The summed E-state index contributed by atoms with van der Waals surface area (Å²) in [6.45, 7) is 0. The van der Waals surface area contributed by atoms with Crippen LogP contribution in [0.25, 0.3) is 97.0 Å². The smallest absolute Gasteiger partial charge is 0.0540 e. The summed E-state index contributed by atoms with van der Waals surface area (Å²) in [5, 5.41) is 26.2. The molecule has 0 radical (unpaired) electrons. The van der Waals surface area contributed by atoms with E-state index >= 15 is 0 Å². The van der Waals surface area contributed by atoms with Crippen LogP contribution in [-0.2, 0) is 0 Å². The van der Waals surface area contributed by atoms with Crippen molar-refractivity contribution in [2.45, 2.75) is 7.43 Å². The summed E-state index contributed by atoms with van der Waals surface area (Å²) in [6.07, 6.45) is 0. The number of hydrogen-bond acceptors (Lipinski definition) is 3. The molecule has 0 aliphatic carbocycles. The molecule has 5 heteroatoms. The van der Waals surface area contributed by atoms with Crippen molar-refractivity contribution >= 4 is 174 Å². The SMILES string of the molecule is Brc1ccc2ccc3c(Br)ccc4ccc1c2c43.C.c1ccc(N(c2cccc3ccccc23)c2ccc3ccc4c(N(c5ccccc5)c5cccc6ccccc56)ccc5ccc2c3c54)cc1.c1ccc(Nc2cccc3ccccc23)cc1. The molecule has 0 atom stereocenters. The van der Waals surface area contributed by atoms with Crippen LogP contribution >= 0.6 is 31.9 Å². The Morgan fingerprint density at radius 3 is 0.988 bits per heavy atom. The zero-order valence-corrected chi connectivity index (χ0v) is 49.3. The fourth-order valence-corrected chi connectivity index (χ4v) is 13.6. The molecule has 0 amide bonds. The Labute approximate surface area is 517 Å². The van der Waals surface area contributed by atoms with Gasteiger partial charge in [0, 0.05) is 58.6 Å². The Kier molecular flexibility index (Phi) is 14.5. The zero-order valence-electron chi connectivity index (χ0n) is 46.2. The Morgan fingerprint density at radius 2 is 0.535 bits per heavy atom. The van der Waals surface area contributed by atoms with E-state index in [0.717, 1.165) is 54.4 Å². The van der Waals surface area contributed by atoms with E-state index in [1.54, 1.807) is 0 Å². The molecule has 0 saturated carbocycles. The van der Waals surface area contributed by atoms with Gasteiger partial charge in [0.15, 0.2) is 0 Å². The minimum atomic E-state index is 0. The fourth-order valence-electron chi connectivity index (χ4n) is 12.7. The van der Waals surface area contributed by atoms with Gasteiger partial charge in [0.05, 0.1) is 22.7 Å². The van der Waals surface area contributed by atoms with Crippen LogP contribution in [-0.4, -0.2) is 0 Å². The number of benzene rings is 17. The minimum Gasteiger partial charge on any atom is -0.355 e. The maximum Gasteiger partial charge on any atom is 0.0540 e. The molecule has 86 heavy (non-hydrogen) atoms. The van der Waals surface area contributed by atoms with Gasteiger partial charge >= 0.3 is 0 Å². The van der Waals surface area contributed by atoms with E-state index in [2.05, 4.69) is 344 Å². The lowest BCUT2D eigenvalue weighted by Gasteiger charge is -2.30. The summed E-state index contributed by atoms with van der Waals surface area (Å²) in [7, 11) is 0. The maximum absolute atomic E-state index is 3.65. The molecule has 17 aromatic carbocycles. The molecule has 17 rings (SSSR count). The lowest BCUT2D eigenvalue weighted by molar-refractivity contribution is 1.31. The fraction of sp³-hybridized carbons (Fsp3) is 0.0123. The van der Waals surface area contributed by atoms with Crippen LogP contribution in [0.1, 0.15) is 7.43 Å². The van der Waals surface area contributed by atoms with E-state index in [1.807, 2.05) is 18.2 Å². The van der Waals surface area contributed by atoms with Crippen molar-refractivity contribution in [1.82, 2.24) is 0 Å². The molecule has 3 nitrogen and oxygen atoms in total. The number of fused-ring (bicyclic) bond motifs is 3. The number of para-hydroxylation sites is 3. The minimum absolute atomic E-state index is 0. The van der Waals surface area contributed by atoms with Gasteiger partial charge in [-0.2, -0.15) is 0 Å². The highest BCUT2D eigenvalue weighted by Gasteiger charge is 2.23. The number of halogens is 2. The first-order chi connectivity index (χ1) is 42.0. The highest BCUT2D eigenvalue weighted by atomic mass is 79.9. The molecule has 0 unspecified atom stereocenters. The lowest BCUT2D eigenvalue weighted by atomic mass is 9.91. The summed E-state index contributed by atoms with van der Waals surface area (Å²) in [5.74, 6) is 0. The van der Waals surface area contributed by atoms with Crippen molar-refractivity contribution in [3.63, 3.8) is 0 Å². The first-order valence-corrected chi connectivity index (χ1v) is 30.3. The van der Waals surface area contributed by atoms with Crippen molar-refractivity contribution in [2.75, 3.05) is 15.1 Å². The second-order valence-electron chi connectivity index (χ2n) is 21.5. The van der Waals surface area contributed by atoms with Crippen molar-refractivity contribution in [3.8, 4) is 0 Å². The quantitative estimate of drug-likeness (QED) is 0.153. The van der Waals surface area contributed by atoms with Gasteiger partial charge < -0.3 is 15.1 Å². The predicted octanol–water partition coefficient (Wildman–Crippen LogP) is 25.2. The van der Waals surface area contributed by atoms with Gasteiger partial charge in [0.2, 0.25) is 0 Å². The van der Waals surface area contributed by atoms with E-state index in [-0.39, 0.29) is 7.43 Å². The Hall–Kier alpha value is -10.0. The first kappa shape index (κ1) is 53.9. The molecular weight excluding hydrogens is 1170 g/mol. The average Bonchev–Trinajstić information content (AvgIpc) is 0.827. The summed E-state index contributed by atoms with van der Waals surface area (Å²) >= 11 is 7.30. The van der Waals surface area contributed by atoms with E-state index in [9.17, 15) is 0 Å². The van der Waals surface area contributed by atoms with Crippen LogP contribution in [0.4, 0.5) is 45.5 Å². The van der Waals surface area contributed by atoms with Crippen molar-refractivity contribution in [3.05, 3.63) is 324 Å². The number of hydrogen-bond donors (Lipinski definition) is 1. The normalized spacial score (nSPS) is 11.3. The highest BCUT2D eigenvalue weighted by Crippen LogP contribution is 2.49. The van der Waals surface area contributed by atoms with Crippen LogP contribution in [0.3, 0.4) is 0 Å². The van der Waals surface area contributed by atoms with Crippen LogP contribution in [0, 0.1) is 0 Å². The van der Waals surface area contributed by atoms with Gasteiger partial charge in [-0.05, 0) is 149 Å². The second-order valence-corrected chi connectivity index (χ2v) is 23.2. The van der Waals surface area contributed by atoms with Crippen molar-refractivity contribution in [1.29, 1.82) is 0 Å². The average molecular weight is 1230 g/mol. The maximum atomic E-state index is 3.65. The predicted molar refractivity (Wildman–Crippen MR) is 380 cm³/mol. The van der Waals surface area contributed by atoms with Gasteiger partial charge in [0.1, 0.15) is 0 Å². The van der Waals surface area contributed by atoms with Crippen LogP contribution in [0.2, 0.25) is 0 Å². The standard InChI is InChI=1S/C48H32N2.C16H8Br2.C16H13N.CH4/c1-3-17-37(18-4-1)49(43-23-11-15-33-13-7-9-21-39(33)43)45-31-27-35-26-30-42-46(32-28-36-25-29-41(45)47(35)48(36)42)50(38-19-5-2-6-20-38)44-24-12-16-34-14-8-10-22-40(34)44;17-13-8-4-10-2-6-12-14(18)7-3-9-1-5-11(13)16(10)15(9)12;1-2-9-14(10-3-1)17-16-12-6-8-13-7-4-5-11-15(13)16;/h1-32H;1-8H;1-12,17H;1H4. The molecule has 0 saturated heterocycles. The number of rotatable bonds is 8. The third kappa shape index (κ3) is 9.75. The Balaban J connectivity index is 0.000000147. The number of anilines is 8. The van der Waals surface area contributed by atoms with E-state index < -0.39 is 0 Å². The van der Waals surface area contributed by atoms with E-state index in [0.29, 0.717) is 0 Å². The van der Waals surface area contributed by atoms with Gasteiger partial charge in [-0.3, -0.25) is 0 Å². The Bertz CT molecular complexity index is 4970. The molecule has 0 spiro atoms. The third-order valence-electron chi connectivity index (χ3n) is 16.5. The molecule has 0 bridgehead atoms. The van der Waals surface area contributed by atoms with Crippen LogP contribution in [0.5, 0.6) is 0 Å². The molecule has 0 heterocycles. The van der Waals surface area contributed by atoms with Crippen LogP contribution < -0.4 is 15.1 Å². The van der Waals surface area contributed by atoms with Crippen LogP contribution in [0.15, 0.2) is 324 Å². The van der Waals surface area contributed by atoms with E-state index in [1.165, 1.54) is 97.0 Å². The molecule has 410 valence electrons. The largest absolute Gasteiger partial charge is 0.355 e. The lowest BCUT2D eigenvalue weighted by Crippen LogP contribution is -2.12. The van der Waals surface area contributed by atoms with Crippen molar-refractivity contribution < 1.29 is 0 Å².